The fraction of sp³-hybridized carbons (Fsp3) is 0.429. The second kappa shape index (κ2) is 7.35. The minimum Gasteiger partial charge on any atom is -0.378 e. The smallest absolute Gasteiger partial charge is 0.244 e. The van der Waals surface area contributed by atoms with Crippen molar-refractivity contribution in [2.24, 2.45) is 5.73 Å². The van der Waals surface area contributed by atoms with Crippen molar-refractivity contribution < 1.29 is 4.74 Å². The monoisotopic (exact) mass is 356 g/mol. The summed E-state index contributed by atoms with van der Waals surface area (Å²) < 4.78 is 5.33. The zero-order chi connectivity index (χ0) is 16.2. The molecule has 1 aliphatic rings. The molecule has 23 heavy (non-hydrogen) atoms. The molecular formula is C14H18Cl2N6O. The first kappa shape index (κ1) is 16.3. The molecule has 1 atom stereocenters. The summed E-state index contributed by atoms with van der Waals surface area (Å²) in [7, 11) is 0. The van der Waals surface area contributed by atoms with Gasteiger partial charge < -0.3 is 20.7 Å². The molecule has 1 aliphatic heterocycles. The Morgan fingerprint density at radius 2 is 2.09 bits per heavy atom. The molecule has 124 valence electrons. The van der Waals surface area contributed by atoms with Crippen LogP contribution >= 0.6 is 23.2 Å². The second-order valence-electron chi connectivity index (χ2n) is 5.18. The van der Waals surface area contributed by atoms with Gasteiger partial charge in [-0.1, -0.05) is 23.2 Å². The lowest BCUT2D eigenvalue weighted by molar-refractivity contribution is 0.122. The maximum atomic E-state index is 6.03. The van der Waals surface area contributed by atoms with Gasteiger partial charge in [0.05, 0.1) is 29.3 Å². The fourth-order valence-corrected chi connectivity index (χ4v) is 2.65. The highest BCUT2D eigenvalue weighted by Crippen LogP contribution is 2.27. The minimum absolute atomic E-state index is 0.200. The lowest BCUT2D eigenvalue weighted by atomic mass is 10.2. The number of nitrogens with zero attached hydrogens (tertiary/aromatic N) is 3. The predicted octanol–water partition coefficient (Wildman–Crippen LogP) is 2.06. The largest absolute Gasteiger partial charge is 0.378 e. The molecule has 2 aromatic rings. The lowest BCUT2D eigenvalue weighted by Gasteiger charge is -2.25. The molecule has 1 fully saturated rings. The average molecular weight is 357 g/mol. The number of nitrogens with one attached hydrogen (secondary N) is 2. The maximum Gasteiger partial charge on any atom is 0.244 e. The van der Waals surface area contributed by atoms with Gasteiger partial charge in [0, 0.05) is 25.3 Å². The zero-order valence-electron chi connectivity index (χ0n) is 12.4. The van der Waals surface area contributed by atoms with E-state index in [4.69, 9.17) is 33.7 Å². The zero-order valence-corrected chi connectivity index (χ0v) is 13.9. The fourth-order valence-electron chi connectivity index (χ4n) is 2.35. The summed E-state index contributed by atoms with van der Waals surface area (Å²) in [6.45, 7) is 3.30. The van der Waals surface area contributed by atoms with Gasteiger partial charge in [-0.05, 0) is 18.2 Å². The maximum absolute atomic E-state index is 6.03. The number of H-pyrrole nitrogens is 1. The van der Waals surface area contributed by atoms with E-state index in [2.05, 4.69) is 25.4 Å². The van der Waals surface area contributed by atoms with E-state index in [0.29, 0.717) is 41.6 Å². The van der Waals surface area contributed by atoms with Crippen LogP contribution in [0.25, 0.3) is 0 Å². The molecule has 0 spiro atoms. The van der Waals surface area contributed by atoms with Gasteiger partial charge in [0.15, 0.2) is 0 Å². The van der Waals surface area contributed by atoms with Gasteiger partial charge in [-0.25, -0.2) is 0 Å². The number of ether oxygens (including phenoxy) is 1. The topological polar surface area (TPSA) is 92.1 Å². The number of morpholine rings is 1. The molecule has 4 N–H and O–H groups in total. The number of nitrogens with two attached hydrogens (primary N) is 1. The number of anilines is 2. The first-order chi connectivity index (χ1) is 11.2. The van der Waals surface area contributed by atoms with Crippen LogP contribution in [-0.4, -0.2) is 48.0 Å². The first-order valence-electron chi connectivity index (χ1n) is 7.34. The van der Waals surface area contributed by atoms with E-state index >= 15 is 0 Å². The van der Waals surface area contributed by atoms with Crippen LogP contribution in [0.3, 0.4) is 0 Å². The van der Waals surface area contributed by atoms with Crippen LogP contribution in [0.4, 0.5) is 11.6 Å². The third-order valence-electron chi connectivity index (χ3n) is 3.61. The highest BCUT2D eigenvalue weighted by molar-refractivity contribution is 6.42. The van der Waals surface area contributed by atoms with Crippen molar-refractivity contribution in [3.05, 3.63) is 34.1 Å². The summed E-state index contributed by atoms with van der Waals surface area (Å²) in [5, 5.41) is 11.5. The van der Waals surface area contributed by atoms with Crippen LogP contribution in [0.15, 0.2) is 18.2 Å². The van der Waals surface area contributed by atoms with E-state index in [1.165, 1.54) is 0 Å². The molecule has 0 bridgehead atoms. The van der Waals surface area contributed by atoms with Gasteiger partial charge in [-0.2, -0.15) is 4.98 Å². The van der Waals surface area contributed by atoms with Gasteiger partial charge in [-0.15, -0.1) is 5.10 Å². The Labute approximate surface area is 144 Å². The van der Waals surface area contributed by atoms with Gasteiger partial charge in [0.2, 0.25) is 5.95 Å². The Bertz CT molecular complexity index is 658. The Balaban J connectivity index is 1.72. The molecule has 0 aliphatic carbocycles. The third-order valence-corrected chi connectivity index (χ3v) is 4.35. The summed E-state index contributed by atoms with van der Waals surface area (Å²) in [6, 6.07) is 5.14. The summed E-state index contributed by atoms with van der Waals surface area (Å²) in [5.74, 6) is 1.35. The number of aromatic nitrogens is 3. The van der Waals surface area contributed by atoms with Gasteiger partial charge in [0.1, 0.15) is 5.82 Å². The van der Waals surface area contributed by atoms with Crippen LogP contribution in [0.2, 0.25) is 10.0 Å². The van der Waals surface area contributed by atoms with E-state index < -0.39 is 0 Å². The Kier molecular flexibility index (Phi) is 5.22. The molecule has 2 heterocycles. The lowest BCUT2D eigenvalue weighted by Crippen LogP contribution is -2.37. The van der Waals surface area contributed by atoms with E-state index in [9.17, 15) is 0 Å². The molecule has 0 amide bonds. The third kappa shape index (κ3) is 3.87. The van der Waals surface area contributed by atoms with Crippen molar-refractivity contribution in [3.8, 4) is 0 Å². The molecule has 9 heteroatoms. The van der Waals surface area contributed by atoms with Gasteiger partial charge in [0.25, 0.3) is 0 Å². The van der Waals surface area contributed by atoms with E-state index in [0.717, 1.165) is 18.8 Å². The molecule has 0 saturated carbocycles. The SMILES string of the molecule is NCC(Nc1ccc(Cl)c(Cl)c1)c1nc(N2CCOCC2)n[nH]1. The van der Waals surface area contributed by atoms with E-state index in [1.54, 1.807) is 12.1 Å². The van der Waals surface area contributed by atoms with Crippen LogP contribution in [-0.2, 0) is 4.74 Å². The Morgan fingerprint density at radius 1 is 1.30 bits per heavy atom. The Hall–Kier alpha value is -1.54. The molecule has 1 saturated heterocycles. The molecule has 1 unspecified atom stereocenters. The molecule has 1 aromatic carbocycles. The quantitative estimate of drug-likeness (QED) is 0.759. The molecule has 7 nitrogen and oxygen atoms in total. The highest BCUT2D eigenvalue weighted by Gasteiger charge is 2.19. The normalized spacial score (nSPS) is 16.4. The van der Waals surface area contributed by atoms with Crippen molar-refractivity contribution in [2.75, 3.05) is 43.1 Å². The van der Waals surface area contributed by atoms with Crippen molar-refractivity contribution in [3.63, 3.8) is 0 Å². The van der Waals surface area contributed by atoms with Gasteiger partial charge in [-0.3, -0.25) is 5.10 Å². The van der Waals surface area contributed by atoms with Crippen LogP contribution in [0.1, 0.15) is 11.9 Å². The Morgan fingerprint density at radius 3 is 2.78 bits per heavy atom. The molecule has 3 rings (SSSR count). The first-order valence-corrected chi connectivity index (χ1v) is 8.09. The van der Waals surface area contributed by atoms with Crippen LogP contribution < -0.4 is 16.0 Å². The minimum atomic E-state index is -0.200. The number of hydrogen-bond acceptors (Lipinski definition) is 6. The molecule has 0 radical (unpaired) electrons. The van der Waals surface area contributed by atoms with Crippen molar-refractivity contribution in [2.45, 2.75) is 6.04 Å². The number of rotatable bonds is 5. The van der Waals surface area contributed by atoms with Crippen molar-refractivity contribution >= 4 is 34.8 Å². The number of aromatic amines is 1. The highest BCUT2D eigenvalue weighted by atomic mass is 35.5. The summed E-state index contributed by atoms with van der Waals surface area (Å²) >= 11 is 12.0. The summed E-state index contributed by atoms with van der Waals surface area (Å²) in [6.07, 6.45) is 0. The second-order valence-corrected chi connectivity index (χ2v) is 6.00. The standard InChI is InChI=1S/C14H18Cl2N6O/c15-10-2-1-9(7-11(10)16)18-12(8-17)13-19-14(21-20-13)22-3-5-23-6-4-22/h1-2,7,12,18H,3-6,8,17H2,(H,19,20,21). The van der Waals surface area contributed by atoms with Gasteiger partial charge >= 0.3 is 0 Å². The molecular weight excluding hydrogens is 339 g/mol. The molecule has 1 aromatic heterocycles. The average Bonchev–Trinajstić information content (AvgIpc) is 3.06. The number of halogens is 2. The predicted molar refractivity (Wildman–Crippen MR) is 91.3 cm³/mol. The van der Waals surface area contributed by atoms with Crippen molar-refractivity contribution in [1.82, 2.24) is 15.2 Å². The van der Waals surface area contributed by atoms with Crippen LogP contribution in [0.5, 0.6) is 0 Å². The number of hydrogen-bond donors (Lipinski definition) is 3. The van der Waals surface area contributed by atoms with E-state index in [1.807, 2.05) is 6.07 Å². The number of benzene rings is 1. The van der Waals surface area contributed by atoms with Crippen LogP contribution in [0, 0.1) is 0 Å². The van der Waals surface area contributed by atoms with E-state index in [-0.39, 0.29) is 6.04 Å². The summed E-state index contributed by atoms with van der Waals surface area (Å²) in [4.78, 5) is 6.62. The van der Waals surface area contributed by atoms with Crippen molar-refractivity contribution in [1.29, 1.82) is 0 Å². The summed E-state index contributed by atoms with van der Waals surface area (Å²) in [5.41, 5.74) is 6.68.